The van der Waals surface area contributed by atoms with Crippen LogP contribution in [0.25, 0.3) is 10.6 Å². The van der Waals surface area contributed by atoms with Crippen molar-refractivity contribution in [1.29, 1.82) is 0 Å². The standard InChI is InChI=1S/C20H24N4O2S/c1-13-22-23-20(27-13)15-5-4-6-16(12-15)21-19(26)17-7-2-3-10-24(17)18(25)11-14-8-9-14/h4-6,12,14,17H,2-3,7-11H2,1H3,(H,21,26)/t17-/m0/s1. The number of amides is 2. The predicted octanol–water partition coefficient (Wildman–Crippen LogP) is 3.63. The molecule has 2 heterocycles. The second kappa shape index (κ2) is 7.76. The molecule has 2 fully saturated rings. The number of anilines is 1. The van der Waals surface area contributed by atoms with Crippen molar-refractivity contribution >= 4 is 28.8 Å². The second-order valence-corrected chi connectivity index (χ2v) is 8.62. The van der Waals surface area contributed by atoms with Crippen molar-refractivity contribution in [3.8, 4) is 10.6 Å². The van der Waals surface area contributed by atoms with Crippen LogP contribution in [0, 0.1) is 12.8 Å². The molecule has 1 saturated carbocycles. The number of piperidine rings is 1. The summed E-state index contributed by atoms with van der Waals surface area (Å²) in [6.07, 6.45) is 5.58. The molecular formula is C20H24N4O2S. The highest BCUT2D eigenvalue weighted by Gasteiger charge is 2.34. The van der Waals surface area contributed by atoms with E-state index in [2.05, 4.69) is 15.5 Å². The number of benzene rings is 1. The SMILES string of the molecule is Cc1nnc(-c2cccc(NC(=O)[C@@H]3CCCCN3C(=O)CC3CC3)c2)s1. The predicted molar refractivity (Wildman–Crippen MR) is 105 cm³/mol. The highest BCUT2D eigenvalue weighted by Crippen LogP contribution is 2.34. The molecule has 1 atom stereocenters. The molecule has 2 aromatic rings. The van der Waals surface area contributed by atoms with Crippen LogP contribution in [-0.2, 0) is 9.59 Å². The molecule has 1 aliphatic heterocycles. The first kappa shape index (κ1) is 18.1. The minimum Gasteiger partial charge on any atom is -0.331 e. The molecule has 2 amide bonds. The summed E-state index contributed by atoms with van der Waals surface area (Å²) in [6, 6.07) is 7.28. The van der Waals surface area contributed by atoms with E-state index in [0.717, 1.165) is 53.4 Å². The van der Waals surface area contributed by atoms with Crippen molar-refractivity contribution in [3.05, 3.63) is 29.3 Å². The van der Waals surface area contributed by atoms with Crippen LogP contribution in [-0.4, -0.2) is 39.5 Å². The van der Waals surface area contributed by atoms with E-state index in [0.29, 0.717) is 18.9 Å². The van der Waals surface area contributed by atoms with Crippen LogP contribution in [0.2, 0.25) is 0 Å². The van der Waals surface area contributed by atoms with Gasteiger partial charge in [-0.25, -0.2) is 0 Å². The Kier molecular flexibility index (Phi) is 5.20. The lowest BCUT2D eigenvalue weighted by Crippen LogP contribution is -2.50. The zero-order valence-corrected chi connectivity index (χ0v) is 16.3. The average molecular weight is 385 g/mol. The minimum atomic E-state index is -0.363. The van der Waals surface area contributed by atoms with Crippen molar-refractivity contribution in [2.75, 3.05) is 11.9 Å². The first-order valence-electron chi connectivity index (χ1n) is 9.61. The Labute approximate surface area is 163 Å². The van der Waals surface area contributed by atoms with E-state index >= 15 is 0 Å². The Hall–Kier alpha value is -2.28. The van der Waals surface area contributed by atoms with Crippen LogP contribution in [0.5, 0.6) is 0 Å². The van der Waals surface area contributed by atoms with E-state index in [1.54, 1.807) is 4.90 Å². The molecule has 4 rings (SSSR count). The molecular weight excluding hydrogens is 360 g/mol. The zero-order chi connectivity index (χ0) is 18.8. The number of nitrogens with one attached hydrogen (secondary N) is 1. The van der Waals surface area contributed by atoms with E-state index in [4.69, 9.17) is 0 Å². The summed E-state index contributed by atoms with van der Waals surface area (Å²) in [5.74, 6) is 0.579. The van der Waals surface area contributed by atoms with Gasteiger partial charge in [0.15, 0.2) is 0 Å². The quantitative estimate of drug-likeness (QED) is 0.854. The largest absolute Gasteiger partial charge is 0.331 e. The van der Waals surface area contributed by atoms with Crippen molar-refractivity contribution in [2.24, 2.45) is 5.92 Å². The van der Waals surface area contributed by atoms with Gasteiger partial charge >= 0.3 is 0 Å². The normalized spacial score (nSPS) is 19.7. The van der Waals surface area contributed by atoms with E-state index in [1.807, 2.05) is 31.2 Å². The summed E-state index contributed by atoms with van der Waals surface area (Å²) >= 11 is 1.52. The van der Waals surface area contributed by atoms with Gasteiger partial charge in [0.25, 0.3) is 0 Å². The Balaban J connectivity index is 1.46. The van der Waals surface area contributed by atoms with Gasteiger partial charge in [-0.05, 0) is 57.1 Å². The van der Waals surface area contributed by atoms with Crippen molar-refractivity contribution in [3.63, 3.8) is 0 Å². The lowest BCUT2D eigenvalue weighted by Gasteiger charge is -2.35. The average Bonchev–Trinajstić information content (AvgIpc) is 3.38. The smallest absolute Gasteiger partial charge is 0.247 e. The fourth-order valence-electron chi connectivity index (χ4n) is 3.56. The van der Waals surface area contributed by atoms with Gasteiger partial charge in [-0.1, -0.05) is 23.5 Å². The summed E-state index contributed by atoms with van der Waals surface area (Å²) in [4.78, 5) is 27.3. The number of carbonyl (C=O) groups excluding carboxylic acids is 2. The minimum absolute atomic E-state index is 0.0931. The summed E-state index contributed by atoms with van der Waals surface area (Å²) in [5.41, 5.74) is 1.66. The van der Waals surface area contributed by atoms with Crippen LogP contribution in [0.4, 0.5) is 5.69 Å². The van der Waals surface area contributed by atoms with Crippen molar-refractivity contribution in [1.82, 2.24) is 15.1 Å². The molecule has 1 aliphatic carbocycles. The number of aromatic nitrogens is 2. The Morgan fingerprint density at radius 3 is 2.81 bits per heavy atom. The summed E-state index contributed by atoms with van der Waals surface area (Å²) < 4.78 is 0. The maximum absolute atomic E-state index is 12.9. The van der Waals surface area contributed by atoms with Gasteiger partial charge in [0.1, 0.15) is 16.1 Å². The number of likely N-dealkylation sites (tertiary alicyclic amines) is 1. The number of rotatable bonds is 5. The van der Waals surface area contributed by atoms with Gasteiger partial charge in [0.2, 0.25) is 11.8 Å². The molecule has 2 aliphatic rings. The molecule has 7 heteroatoms. The molecule has 27 heavy (non-hydrogen) atoms. The van der Waals surface area contributed by atoms with Crippen LogP contribution in [0.1, 0.15) is 43.5 Å². The van der Waals surface area contributed by atoms with Gasteiger partial charge in [-0.15, -0.1) is 10.2 Å². The van der Waals surface area contributed by atoms with Crippen LogP contribution >= 0.6 is 11.3 Å². The molecule has 0 unspecified atom stereocenters. The van der Waals surface area contributed by atoms with Crippen LogP contribution in [0.3, 0.4) is 0 Å². The number of aryl methyl sites for hydroxylation is 1. The van der Waals surface area contributed by atoms with Crippen LogP contribution in [0.15, 0.2) is 24.3 Å². The Morgan fingerprint density at radius 2 is 2.07 bits per heavy atom. The fraction of sp³-hybridized carbons (Fsp3) is 0.500. The highest BCUT2D eigenvalue weighted by molar-refractivity contribution is 7.14. The van der Waals surface area contributed by atoms with Crippen molar-refractivity contribution in [2.45, 2.75) is 51.5 Å². The van der Waals surface area contributed by atoms with Gasteiger partial charge in [0.05, 0.1) is 0 Å². The first-order valence-corrected chi connectivity index (χ1v) is 10.4. The summed E-state index contributed by atoms with van der Waals surface area (Å²) in [7, 11) is 0. The number of hydrogen-bond donors (Lipinski definition) is 1. The molecule has 0 bridgehead atoms. The van der Waals surface area contributed by atoms with E-state index in [-0.39, 0.29) is 17.9 Å². The van der Waals surface area contributed by atoms with E-state index in [9.17, 15) is 9.59 Å². The molecule has 1 saturated heterocycles. The maximum atomic E-state index is 12.9. The van der Waals surface area contributed by atoms with Crippen LogP contribution < -0.4 is 5.32 Å². The van der Waals surface area contributed by atoms with E-state index in [1.165, 1.54) is 11.3 Å². The summed E-state index contributed by atoms with van der Waals surface area (Å²) in [5, 5.41) is 13.0. The van der Waals surface area contributed by atoms with Gasteiger partial charge in [-0.2, -0.15) is 0 Å². The third-order valence-electron chi connectivity index (χ3n) is 5.19. The van der Waals surface area contributed by atoms with Gasteiger partial charge in [-0.3, -0.25) is 9.59 Å². The molecule has 1 N–H and O–H groups in total. The Morgan fingerprint density at radius 1 is 1.22 bits per heavy atom. The lowest BCUT2D eigenvalue weighted by atomic mass is 10.00. The molecule has 6 nitrogen and oxygen atoms in total. The molecule has 1 aromatic carbocycles. The second-order valence-electron chi connectivity index (χ2n) is 7.44. The molecule has 0 radical (unpaired) electrons. The highest BCUT2D eigenvalue weighted by atomic mass is 32.1. The molecule has 1 aromatic heterocycles. The first-order chi connectivity index (χ1) is 13.1. The number of nitrogens with zero attached hydrogens (tertiary/aromatic N) is 3. The lowest BCUT2D eigenvalue weighted by molar-refractivity contribution is -0.140. The molecule has 142 valence electrons. The number of hydrogen-bond acceptors (Lipinski definition) is 5. The topological polar surface area (TPSA) is 75.2 Å². The third-order valence-corrected chi connectivity index (χ3v) is 6.08. The monoisotopic (exact) mass is 384 g/mol. The van der Waals surface area contributed by atoms with Gasteiger partial charge < -0.3 is 10.2 Å². The third kappa shape index (κ3) is 4.35. The van der Waals surface area contributed by atoms with Crippen molar-refractivity contribution < 1.29 is 9.59 Å². The maximum Gasteiger partial charge on any atom is 0.247 e. The molecule has 0 spiro atoms. The number of carbonyl (C=O) groups is 2. The van der Waals surface area contributed by atoms with Gasteiger partial charge in [0, 0.05) is 24.2 Å². The fourth-order valence-corrected chi connectivity index (χ4v) is 4.25. The van der Waals surface area contributed by atoms with E-state index < -0.39 is 0 Å². The zero-order valence-electron chi connectivity index (χ0n) is 15.5. The summed E-state index contributed by atoms with van der Waals surface area (Å²) in [6.45, 7) is 2.61. The Bertz CT molecular complexity index is 846.